The minimum Gasteiger partial charge on any atom is -0.0964 e. The highest BCUT2D eigenvalue weighted by atomic mass is 29.3. The summed E-state index contributed by atoms with van der Waals surface area (Å²) in [4.78, 5) is 8.64. The topological polar surface area (TPSA) is 0 Å². The van der Waals surface area contributed by atoms with E-state index in [9.17, 15) is 0 Å². The Morgan fingerprint density at radius 1 is 0.375 bits per heavy atom. The van der Waals surface area contributed by atoms with Crippen molar-refractivity contribution in [1.29, 1.82) is 0 Å². The molecule has 2 heterocycles. The molecule has 0 atom stereocenters. The maximum absolute atomic E-state index is 2.85. The normalized spacial score (nSPS) is 23.8. The van der Waals surface area contributed by atoms with Crippen LogP contribution in [-0.4, -0.2) is 47.5 Å². The first-order chi connectivity index (χ1) is 10.2. The predicted molar refractivity (Wildman–Crippen MR) is 131 cm³/mol. The van der Waals surface area contributed by atoms with Crippen molar-refractivity contribution in [3.63, 3.8) is 0 Å². The van der Waals surface area contributed by atoms with Gasteiger partial charge in [0.25, 0.3) is 0 Å². The quantitative estimate of drug-likeness (QED) is 0.439. The molecule has 0 aromatic rings. The Hall–Kier alpha value is 0.781. The maximum Gasteiger partial charge on any atom is 0.0967 e. The summed E-state index contributed by atoms with van der Waals surface area (Å²) in [6, 6.07) is 0. The lowest BCUT2D eigenvalue weighted by Gasteiger charge is -2.33. The number of hydrogen-bond acceptors (Lipinski definition) is 0. The molecule has 0 fully saturated rings. The Morgan fingerprint density at radius 2 is 0.500 bits per heavy atom. The number of hydrogen-bond donors (Lipinski definition) is 0. The van der Waals surface area contributed by atoms with E-state index in [4.69, 9.17) is 0 Å². The number of rotatable bonds is 5. The molecule has 0 saturated heterocycles. The van der Waals surface area contributed by atoms with Gasteiger partial charge in [0.05, 0.1) is 47.5 Å². The Balaban J connectivity index is 2.61. The van der Waals surface area contributed by atoms with E-state index in [-0.39, 0.29) is 0 Å². The van der Waals surface area contributed by atoms with E-state index in [0.29, 0.717) is 0 Å². The molecule has 0 saturated carbocycles. The van der Waals surface area contributed by atoms with Crippen molar-refractivity contribution in [1.82, 2.24) is 0 Å². The summed E-state index contributed by atoms with van der Waals surface area (Å²) < 4.78 is 0. The van der Waals surface area contributed by atoms with Crippen molar-refractivity contribution in [2.24, 2.45) is 0 Å². The van der Waals surface area contributed by atoms with Crippen LogP contribution in [-0.2, 0) is 0 Å². The first-order valence-electron chi connectivity index (χ1n) is 9.75. The molecule has 0 amide bonds. The van der Waals surface area contributed by atoms with Gasteiger partial charge in [-0.05, 0) is 0 Å². The van der Waals surface area contributed by atoms with Crippen molar-refractivity contribution >= 4 is 47.5 Å². The average molecular weight is 427 g/mol. The van der Waals surface area contributed by atoms with E-state index in [0.717, 1.165) is 0 Å². The molecule has 0 nitrogen and oxygen atoms in total. The predicted octanol–water partition coefficient (Wildman–Crippen LogP) is 6.51. The van der Waals surface area contributed by atoms with Gasteiger partial charge in [-0.2, -0.15) is 0 Å². The average Bonchev–Trinajstić information content (AvgIpc) is 3.06. The third-order valence-corrected chi connectivity index (χ3v) is 48.4. The fourth-order valence-corrected chi connectivity index (χ4v) is 83.2. The molecule has 0 unspecified atom stereocenters. The lowest BCUT2D eigenvalue weighted by Crippen LogP contribution is -2.55. The van der Waals surface area contributed by atoms with Crippen LogP contribution in [0.3, 0.4) is 0 Å². The third-order valence-electron chi connectivity index (χ3n) is 6.38. The summed E-state index contributed by atoms with van der Waals surface area (Å²) in [5.41, 5.74) is 0. The smallest absolute Gasteiger partial charge is 0.0964 e. The molecule has 2 aliphatic heterocycles. The molecule has 2 rings (SSSR count). The zero-order valence-electron chi connectivity index (χ0n) is 19.0. The van der Waals surface area contributed by atoms with E-state index < -0.39 is 47.5 Å². The second kappa shape index (κ2) is 5.19. The standard InChI is InChI=1S/C18H42Si6/c1-19(2,3)15-16(20(4,5)6)23(15,13)24(14)17(21(7,8)9)18(24)22(10,11)12/h1-14H3. The molecule has 0 bridgehead atoms. The van der Waals surface area contributed by atoms with Crippen molar-refractivity contribution in [2.75, 3.05) is 0 Å². The molecule has 2 aliphatic rings. The highest BCUT2D eigenvalue weighted by Gasteiger charge is 2.77. The Labute approximate surface area is 158 Å². The monoisotopic (exact) mass is 426 g/mol. The summed E-state index contributed by atoms with van der Waals surface area (Å²) in [5.74, 6) is 0. The third kappa shape index (κ3) is 2.83. The lowest BCUT2D eigenvalue weighted by atomic mass is 11.2. The van der Waals surface area contributed by atoms with E-state index in [1.807, 2.05) is 0 Å². The van der Waals surface area contributed by atoms with Crippen LogP contribution in [0.4, 0.5) is 0 Å². The summed E-state index contributed by atoms with van der Waals surface area (Å²) in [7, 11) is -7.22. The van der Waals surface area contributed by atoms with Crippen LogP contribution in [0.5, 0.6) is 0 Å². The first kappa shape index (κ1) is 21.1. The van der Waals surface area contributed by atoms with E-state index in [1.165, 1.54) is 0 Å². The van der Waals surface area contributed by atoms with Crippen LogP contribution in [0.1, 0.15) is 0 Å². The molecule has 0 N–H and O–H groups in total. The highest BCUT2D eigenvalue weighted by molar-refractivity contribution is 7.70. The van der Waals surface area contributed by atoms with Gasteiger partial charge in [0, 0.05) is 0 Å². The van der Waals surface area contributed by atoms with Gasteiger partial charge in [-0.1, -0.05) is 111 Å². The van der Waals surface area contributed by atoms with Crippen molar-refractivity contribution < 1.29 is 0 Å². The van der Waals surface area contributed by atoms with Crippen LogP contribution in [0.25, 0.3) is 0 Å². The minimum absolute atomic E-state index is 1.16. The summed E-state index contributed by atoms with van der Waals surface area (Å²) >= 11 is 0. The highest BCUT2D eigenvalue weighted by Crippen LogP contribution is 2.66. The van der Waals surface area contributed by atoms with E-state index in [2.05, 4.69) is 111 Å². The summed E-state index contributed by atoms with van der Waals surface area (Å²) in [6.45, 7) is 37.4. The van der Waals surface area contributed by atoms with Gasteiger partial charge < -0.3 is 0 Å². The fourth-order valence-electron chi connectivity index (χ4n) is 6.25. The van der Waals surface area contributed by atoms with E-state index in [1.54, 1.807) is 0 Å². The molecular formula is C18H42Si6. The largest absolute Gasteiger partial charge is 0.0967 e. The zero-order valence-corrected chi connectivity index (χ0v) is 25.0. The van der Waals surface area contributed by atoms with Gasteiger partial charge in [-0.25, -0.2) is 0 Å². The van der Waals surface area contributed by atoms with Gasteiger partial charge in [0.2, 0.25) is 0 Å². The van der Waals surface area contributed by atoms with Crippen LogP contribution in [0, 0.1) is 0 Å². The Bertz CT molecular complexity index is 535. The van der Waals surface area contributed by atoms with Gasteiger partial charge in [0.15, 0.2) is 0 Å². The molecule has 0 radical (unpaired) electrons. The Kier molecular flexibility index (Phi) is 4.56. The second-order valence-corrected chi connectivity index (χ2v) is 47.2. The second-order valence-electron chi connectivity index (χ2n) is 12.8. The summed E-state index contributed by atoms with van der Waals surface area (Å²) in [6.07, 6.45) is 0. The molecular weight excluding hydrogens is 385 g/mol. The van der Waals surface area contributed by atoms with Gasteiger partial charge in [-0.3, -0.25) is 0 Å². The van der Waals surface area contributed by atoms with Crippen LogP contribution >= 0.6 is 0 Å². The first-order valence-corrected chi connectivity index (χ1v) is 29.8. The SMILES string of the molecule is C[Si](C)(C)C1=C([Si](C)(C)C)[Si]1(C)[Si]1(C)C([Si](C)(C)C)=C1[Si](C)(C)C. The van der Waals surface area contributed by atoms with Gasteiger partial charge in [-0.15, -0.1) is 0 Å². The molecule has 0 aromatic heterocycles. The molecule has 6 heteroatoms. The van der Waals surface area contributed by atoms with Crippen molar-refractivity contribution in [2.45, 2.75) is 91.7 Å². The Morgan fingerprint density at radius 3 is 0.583 bits per heavy atom. The van der Waals surface area contributed by atoms with Gasteiger partial charge in [0.1, 0.15) is 0 Å². The molecule has 138 valence electrons. The van der Waals surface area contributed by atoms with Crippen LogP contribution in [0.15, 0.2) is 19.3 Å². The van der Waals surface area contributed by atoms with Crippen LogP contribution in [0.2, 0.25) is 91.7 Å². The minimum atomic E-state index is -1.28. The van der Waals surface area contributed by atoms with Crippen LogP contribution < -0.4 is 0 Å². The van der Waals surface area contributed by atoms with Crippen molar-refractivity contribution in [3.8, 4) is 0 Å². The molecule has 24 heavy (non-hydrogen) atoms. The lowest BCUT2D eigenvalue weighted by molar-refractivity contribution is 1.73. The zero-order chi connectivity index (χ0) is 19.3. The van der Waals surface area contributed by atoms with Crippen molar-refractivity contribution in [3.05, 3.63) is 19.3 Å². The molecule has 0 spiro atoms. The van der Waals surface area contributed by atoms with Gasteiger partial charge >= 0.3 is 0 Å². The maximum atomic E-state index is 2.85. The molecule has 0 aromatic carbocycles. The van der Waals surface area contributed by atoms with E-state index >= 15 is 0 Å². The molecule has 0 aliphatic carbocycles. The summed E-state index contributed by atoms with van der Waals surface area (Å²) in [5, 5.41) is 0. The fraction of sp³-hybridized carbons (Fsp3) is 0.778.